The Morgan fingerprint density at radius 1 is 1.15 bits per heavy atom. The number of piperidine rings is 1. The number of nitrogens with one attached hydrogen (secondary N) is 1. The Kier molecular flexibility index (Phi) is 8.89. The Morgan fingerprint density at radius 3 is 2.50 bits per heavy atom. The second kappa shape index (κ2) is 11.9. The molecule has 13 heteroatoms. The number of nitrogens with zero attached hydrogens (tertiary/aromatic N) is 4. The van der Waals surface area contributed by atoms with Crippen LogP contribution in [0.5, 0.6) is 5.75 Å². The van der Waals surface area contributed by atoms with Crippen molar-refractivity contribution >= 4 is 35.1 Å². The van der Waals surface area contributed by atoms with Crippen LogP contribution in [0.25, 0.3) is 0 Å². The van der Waals surface area contributed by atoms with Gasteiger partial charge in [-0.3, -0.25) is 4.90 Å². The fraction of sp³-hybridized carbons (Fsp3) is 0.593. The molecule has 1 amide bonds. The van der Waals surface area contributed by atoms with Crippen molar-refractivity contribution in [1.82, 2.24) is 9.97 Å². The maximum absolute atomic E-state index is 12.7. The van der Waals surface area contributed by atoms with Crippen molar-refractivity contribution in [3.05, 3.63) is 35.5 Å². The van der Waals surface area contributed by atoms with Gasteiger partial charge in [0.2, 0.25) is 5.95 Å². The average molecular weight is 586 g/mol. The molecular weight excluding hydrogens is 551 g/mol. The van der Waals surface area contributed by atoms with E-state index < -0.39 is 18.2 Å². The summed E-state index contributed by atoms with van der Waals surface area (Å²) in [6, 6.07) is 5.77. The van der Waals surface area contributed by atoms with Gasteiger partial charge in [-0.1, -0.05) is 11.6 Å². The minimum atomic E-state index is -4.82. The fourth-order valence-corrected chi connectivity index (χ4v) is 5.26. The first-order chi connectivity index (χ1) is 18.7. The monoisotopic (exact) mass is 585 g/mol. The van der Waals surface area contributed by atoms with E-state index >= 15 is 0 Å². The zero-order valence-corrected chi connectivity index (χ0v) is 23.9. The second-order valence-electron chi connectivity index (χ2n) is 11.1. The van der Waals surface area contributed by atoms with Gasteiger partial charge in [0.05, 0.1) is 16.7 Å². The molecular formula is C27H35ClF3N5O4. The van der Waals surface area contributed by atoms with Gasteiger partial charge in [-0.15, -0.1) is 13.2 Å². The van der Waals surface area contributed by atoms with Crippen LogP contribution in [0.2, 0.25) is 5.02 Å². The molecule has 2 fully saturated rings. The summed E-state index contributed by atoms with van der Waals surface area (Å²) in [5.74, 6) is 0.675. The molecule has 3 atom stereocenters. The Hall–Kier alpha value is -2.99. The molecule has 2 aliphatic rings. The number of hydrogen-bond acceptors (Lipinski definition) is 8. The van der Waals surface area contributed by atoms with Crippen molar-refractivity contribution in [2.45, 2.75) is 77.6 Å². The quantitative estimate of drug-likeness (QED) is 0.387. The van der Waals surface area contributed by atoms with Crippen molar-refractivity contribution in [3.8, 4) is 5.75 Å². The van der Waals surface area contributed by atoms with Crippen LogP contribution < -0.4 is 19.9 Å². The normalized spacial score (nSPS) is 20.3. The largest absolute Gasteiger partial charge is 0.573 e. The zero-order valence-electron chi connectivity index (χ0n) is 23.2. The second-order valence-corrected chi connectivity index (χ2v) is 11.5. The lowest BCUT2D eigenvalue weighted by Gasteiger charge is -2.36. The number of benzene rings is 1. The van der Waals surface area contributed by atoms with Gasteiger partial charge in [-0.2, -0.15) is 4.98 Å². The number of cyclic esters (lactones) is 1. The van der Waals surface area contributed by atoms with Crippen molar-refractivity contribution in [2.75, 3.05) is 34.8 Å². The van der Waals surface area contributed by atoms with E-state index in [0.29, 0.717) is 30.5 Å². The first-order valence-corrected chi connectivity index (χ1v) is 13.6. The summed E-state index contributed by atoms with van der Waals surface area (Å²) >= 11 is 5.89. The van der Waals surface area contributed by atoms with E-state index in [2.05, 4.69) is 20.0 Å². The maximum atomic E-state index is 12.7. The van der Waals surface area contributed by atoms with Crippen LogP contribution in [0.4, 0.5) is 35.4 Å². The lowest BCUT2D eigenvalue weighted by atomic mass is 9.90. The van der Waals surface area contributed by atoms with Crippen molar-refractivity contribution in [2.24, 2.45) is 5.92 Å². The Bertz CT molecular complexity index is 1190. The molecule has 1 aromatic heterocycles. The summed E-state index contributed by atoms with van der Waals surface area (Å²) in [4.78, 5) is 25.1. The highest BCUT2D eigenvalue weighted by Crippen LogP contribution is 2.35. The molecule has 2 saturated heterocycles. The highest BCUT2D eigenvalue weighted by molar-refractivity contribution is 6.32. The predicted molar refractivity (Wildman–Crippen MR) is 146 cm³/mol. The van der Waals surface area contributed by atoms with Gasteiger partial charge in [0.1, 0.15) is 24.2 Å². The maximum Gasteiger partial charge on any atom is 0.573 e. The van der Waals surface area contributed by atoms with Crippen LogP contribution in [-0.2, 0) is 9.47 Å². The molecule has 1 N–H and O–H groups in total. The molecule has 3 heterocycles. The molecule has 4 rings (SSSR count). The molecule has 0 bridgehead atoms. The van der Waals surface area contributed by atoms with Crippen molar-refractivity contribution in [3.63, 3.8) is 0 Å². The minimum absolute atomic E-state index is 0.0104. The van der Waals surface area contributed by atoms with Gasteiger partial charge >= 0.3 is 12.5 Å². The zero-order chi connectivity index (χ0) is 29.2. The molecule has 40 heavy (non-hydrogen) atoms. The first-order valence-electron chi connectivity index (χ1n) is 13.2. The van der Waals surface area contributed by atoms with Crippen molar-refractivity contribution in [1.29, 1.82) is 0 Å². The van der Waals surface area contributed by atoms with Crippen LogP contribution in [0, 0.1) is 5.92 Å². The number of aromatic nitrogens is 2. The first kappa shape index (κ1) is 30.0. The molecule has 220 valence electrons. The summed E-state index contributed by atoms with van der Waals surface area (Å²) in [6.45, 7) is 11.3. The number of alkyl halides is 3. The Morgan fingerprint density at radius 2 is 1.85 bits per heavy atom. The molecule has 0 aliphatic carbocycles. The lowest BCUT2D eigenvalue weighted by Crippen LogP contribution is -2.45. The SMILES string of the molecule is C[C@H](Nc1nccc(N2C(=O)OCC2[C@H](C)OC(C)(C)C)n1)C1CCN(c2ccc(Cl)c(OC(F)(F)F)c2)CC1. The highest BCUT2D eigenvalue weighted by atomic mass is 35.5. The number of anilines is 3. The number of halogens is 4. The minimum Gasteiger partial charge on any atom is -0.447 e. The molecule has 9 nitrogen and oxygen atoms in total. The number of carbonyl (C=O) groups excluding carboxylic acids is 1. The Labute approximate surface area is 236 Å². The number of hydrogen-bond donors (Lipinski definition) is 1. The molecule has 2 aromatic rings. The van der Waals surface area contributed by atoms with Gasteiger partial charge in [0.25, 0.3) is 0 Å². The Balaban J connectivity index is 1.37. The van der Waals surface area contributed by atoms with E-state index in [1.165, 1.54) is 17.0 Å². The number of carbonyl (C=O) groups is 1. The van der Waals surface area contributed by atoms with E-state index in [1.807, 2.05) is 39.5 Å². The van der Waals surface area contributed by atoms with Crippen LogP contribution >= 0.6 is 11.6 Å². The summed E-state index contributed by atoms with van der Waals surface area (Å²) in [5.41, 5.74) is 0.239. The van der Waals surface area contributed by atoms with E-state index in [0.717, 1.165) is 12.8 Å². The number of amides is 1. The standard InChI is InChI=1S/C27H35ClF3N5O4/c1-16(18-9-12-35(13-10-18)19-6-7-20(28)22(14-19)40-27(29,30)31)33-24-32-11-8-23(34-24)36-21(15-38-25(36)37)17(2)39-26(3,4)5/h6-8,11,14,16-18,21H,9-10,12-13,15H2,1-5H3,(H,32,33,34)/t16-,17-,21?/m0/s1. The smallest absolute Gasteiger partial charge is 0.447 e. The molecule has 1 unspecified atom stereocenters. The third-order valence-corrected chi connectivity index (χ3v) is 7.30. The van der Waals surface area contributed by atoms with E-state index in [1.54, 1.807) is 18.3 Å². The lowest BCUT2D eigenvalue weighted by molar-refractivity contribution is -0.274. The third kappa shape index (κ3) is 7.60. The van der Waals surface area contributed by atoms with Crippen LogP contribution in [0.1, 0.15) is 47.5 Å². The van der Waals surface area contributed by atoms with Crippen molar-refractivity contribution < 1.29 is 32.2 Å². The van der Waals surface area contributed by atoms with E-state index in [-0.39, 0.29) is 41.3 Å². The topological polar surface area (TPSA) is 89.1 Å². The molecule has 1 aromatic carbocycles. The van der Waals surface area contributed by atoms with Crippen LogP contribution in [-0.4, -0.2) is 65.9 Å². The van der Waals surface area contributed by atoms with E-state index in [4.69, 9.17) is 21.1 Å². The van der Waals surface area contributed by atoms with Gasteiger partial charge < -0.3 is 24.4 Å². The molecule has 0 spiro atoms. The number of ether oxygens (including phenoxy) is 3. The summed E-state index contributed by atoms with van der Waals surface area (Å²) in [7, 11) is 0. The molecule has 0 saturated carbocycles. The van der Waals surface area contributed by atoms with Crippen LogP contribution in [0.15, 0.2) is 30.5 Å². The van der Waals surface area contributed by atoms with Gasteiger partial charge in [0, 0.05) is 37.1 Å². The summed E-state index contributed by atoms with van der Waals surface area (Å²) in [5, 5.41) is 3.26. The molecule has 0 radical (unpaired) electrons. The summed E-state index contributed by atoms with van der Waals surface area (Å²) in [6.07, 6.45) is -2.38. The van der Waals surface area contributed by atoms with Gasteiger partial charge in [-0.25, -0.2) is 9.78 Å². The molecule has 2 aliphatic heterocycles. The van der Waals surface area contributed by atoms with Gasteiger partial charge in [0.15, 0.2) is 0 Å². The fourth-order valence-electron chi connectivity index (χ4n) is 5.10. The highest BCUT2D eigenvalue weighted by Gasteiger charge is 2.40. The van der Waals surface area contributed by atoms with Gasteiger partial charge in [-0.05, 0) is 71.6 Å². The van der Waals surface area contributed by atoms with E-state index in [9.17, 15) is 18.0 Å². The van der Waals surface area contributed by atoms with Crippen LogP contribution in [0.3, 0.4) is 0 Å². The number of rotatable bonds is 8. The summed E-state index contributed by atoms with van der Waals surface area (Å²) < 4.78 is 53.6. The third-order valence-electron chi connectivity index (χ3n) is 6.98. The average Bonchev–Trinajstić information content (AvgIpc) is 3.25. The predicted octanol–water partition coefficient (Wildman–Crippen LogP) is 6.27.